The third kappa shape index (κ3) is 1.09. The molecule has 2 atom stereocenters. The van der Waals surface area contributed by atoms with Gasteiger partial charge in [0.2, 0.25) is 0 Å². The summed E-state index contributed by atoms with van der Waals surface area (Å²) in [4.78, 5) is 2.57. The Balaban J connectivity index is 2.09. The molecular weight excluding hydrogens is 148 g/mol. The molecule has 2 fully saturated rings. The lowest BCUT2D eigenvalue weighted by Crippen LogP contribution is -2.35. The summed E-state index contributed by atoms with van der Waals surface area (Å²) in [5.74, 6) is 0.919. The fraction of sp³-hybridized carbons (Fsp3) is 1.00. The predicted octanol–water partition coefficient (Wildman–Crippen LogP) is 1.07. The Morgan fingerprint density at radius 1 is 1.58 bits per heavy atom. The SMILES string of the molecule is CCN1CC2CCCC2(CN)C1. The van der Waals surface area contributed by atoms with Gasteiger partial charge in [0.1, 0.15) is 0 Å². The highest BCUT2D eigenvalue weighted by Gasteiger charge is 2.47. The van der Waals surface area contributed by atoms with Crippen LogP contribution in [-0.2, 0) is 0 Å². The molecule has 1 aliphatic heterocycles. The summed E-state index contributed by atoms with van der Waals surface area (Å²) < 4.78 is 0. The van der Waals surface area contributed by atoms with Gasteiger partial charge < -0.3 is 10.6 Å². The Labute approximate surface area is 75.1 Å². The number of nitrogens with zero attached hydrogens (tertiary/aromatic N) is 1. The first-order chi connectivity index (χ1) is 5.80. The molecule has 1 saturated carbocycles. The van der Waals surface area contributed by atoms with Crippen LogP contribution in [0.1, 0.15) is 26.2 Å². The minimum atomic E-state index is 0.524. The second-order valence-corrected chi connectivity index (χ2v) is 4.48. The summed E-state index contributed by atoms with van der Waals surface area (Å²) in [6.07, 6.45) is 4.22. The Morgan fingerprint density at radius 3 is 3.00 bits per heavy atom. The van der Waals surface area contributed by atoms with Gasteiger partial charge in [0.05, 0.1) is 0 Å². The Morgan fingerprint density at radius 2 is 2.42 bits per heavy atom. The van der Waals surface area contributed by atoms with Crippen LogP contribution in [0.25, 0.3) is 0 Å². The molecule has 2 unspecified atom stereocenters. The summed E-state index contributed by atoms with van der Waals surface area (Å²) in [5.41, 5.74) is 6.42. The fourth-order valence-corrected chi connectivity index (χ4v) is 3.10. The van der Waals surface area contributed by atoms with Gasteiger partial charge in [-0.3, -0.25) is 0 Å². The second-order valence-electron chi connectivity index (χ2n) is 4.48. The number of nitrogens with two attached hydrogens (primary N) is 1. The van der Waals surface area contributed by atoms with Crippen LogP contribution < -0.4 is 5.73 Å². The van der Waals surface area contributed by atoms with Crippen molar-refractivity contribution in [1.82, 2.24) is 4.90 Å². The van der Waals surface area contributed by atoms with Gasteiger partial charge in [0.25, 0.3) is 0 Å². The molecule has 0 bridgehead atoms. The molecule has 2 N–H and O–H groups in total. The summed E-state index contributed by atoms with van der Waals surface area (Å²) in [6, 6.07) is 0. The Bertz CT molecular complexity index is 169. The highest BCUT2D eigenvalue weighted by Crippen LogP contribution is 2.47. The van der Waals surface area contributed by atoms with E-state index in [1.807, 2.05) is 0 Å². The fourth-order valence-electron chi connectivity index (χ4n) is 3.10. The average Bonchev–Trinajstić information content (AvgIpc) is 2.58. The molecule has 70 valence electrons. The molecule has 2 aliphatic rings. The van der Waals surface area contributed by atoms with E-state index < -0.39 is 0 Å². The standard InChI is InChI=1S/C10H20N2/c1-2-12-6-9-4-3-5-10(9,7-11)8-12/h9H,2-8,11H2,1H3. The minimum Gasteiger partial charge on any atom is -0.330 e. The molecule has 2 nitrogen and oxygen atoms in total. The van der Waals surface area contributed by atoms with Gasteiger partial charge in [-0.1, -0.05) is 13.3 Å². The van der Waals surface area contributed by atoms with Crippen molar-refractivity contribution in [2.24, 2.45) is 17.1 Å². The van der Waals surface area contributed by atoms with E-state index in [-0.39, 0.29) is 0 Å². The van der Waals surface area contributed by atoms with Crippen molar-refractivity contribution in [1.29, 1.82) is 0 Å². The van der Waals surface area contributed by atoms with Crippen LogP contribution in [0, 0.1) is 11.3 Å². The zero-order valence-corrected chi connectivity index (χ0v) is 8.05. The molecule has 1 saturated heterocycles. The van der Waals surface area contributed by atoms with Crippen molar-refractivity contribution in [3.63, 3.8) is 0 Å². The molecular formula is C10H20N2. The zero-order valence-electron chi connectivity index (χ0n) is 8.05. The van der Waals surface area contributed by atoms with E-state index in [4.69, 9.17) is 5.73 Å². The van der Waals surface area contributed by atoms with E-state index in [1.54, 1.807) is 0 Å². The van der Waals surface area contributed by atoms with Gasteiger partial charge in [0.15, 0.2) is 0 Å². The van der Waals surface area contributed by atoms with E-state index in [0.29, 0.717) is 5.41 Å². The molecule has 2 heteroatoms. The number of likely N-dealkylation sites (tertiary alicyclic amines) is 1. The Kier molecular flexibility index (Phi) is 2.13. The zero-order chi connectivity index (χ0) is 8.60. The number of fused-ring (bicyclic) bond motifs is 1. The molecule has 1 heterocycles. The minimum absolute atomic E-state index is 0.524. The maximum absolute atomic E-state index is 5.90. The molecule has 0 amide bonds. The van der Waals surface area contributed by atoms with Crippen molar-refractivity contribution >= 4 is 0 Å². The third-order valence-corrected chi connectivity index (χ3v) is 3.96. The Hall–Kier alpha value is -0.0800. The summed E-state index contributed by atoms with van der Waals surface area (Å²) >= 11 is 0. The number of hydrogen-bond donors (Lipinski definition) is 1. The van der Waals surface area contributed by atoms with E-state index >= 15 is 0 Å². The number of hydrogen-bond acceptors (Lipinski definition) is 2. The van der Waals surface area contributed by atoms with Crippen LogP contribution in [0.3, 0.4) is 0 Å². The quantitative estimate of drug-likeness (QED) is 0.668. The summed E-state index contributed by atoms with van der Waals surface area (Å²) in [7, 11) is 0. The van der Waals surface area contributed by atoms with Gasteiger partial charge in [-0.15, -0.1) is 0 Å². The highest BCUT2D eigenvalue weighted by atomic mass is 15.2. The van der Waals surface area contributed by atoms with E-state index in [9.17, 15) is 0 Å². The van der Waals surface area contributed by atoms with Crippen molar-refractivity contribution in [3.8, 4) is 0 Å². The average molecular weight is 168 g/mol. The largest absolute Gasteiger partial charge is 0.330 e. The van der Waals surface area contributed by atoms with Gasteiger partial charge >= 0.3 is 0 Å². The first kappa shape index (κ1) is 8.52. The van der Waals surface area contributed by atoms with Crippen molar-refractivity contribution < 1.29 is 0 Å². The van der Waals surface area contributed by atoms with Crippen molar-refractivity contribution in [2.75, 3.05) is 26.2 Å². The summed E-state index contributed by atoms with van der Waals surface area (Å²) in [5, 5.41) is 0. The van der Waals surface area contributed by atoms with Crippen LogP contribution in [0.2, 0.25) is 0 Å². The molecule has 1 aliphatic carbocycles. The maximum Gasteiger partial charge on any atom is 0.00532 e. The third-order valence-electron chi connectivity index (χ3n) is 3.96. The molecule has 0 aromatic heterocycles. The monoisotopic (exact) mass is 168 g/mol. The van der Waals surface area contributed by atoms with E-state index in [2.05, 4.69) is 11.8 Å². The lowest BCUT2D eigenvalue weighted by Gasteiger charge is -2.26. The maximum atomic E-state index is 5.90. The van der Waals surface area contributed by atoms with E-state index in [0.717, 1.165) is 12.5 Å². The summed E-state index contributed by atoms with van der Waals surface area (Å²) in [6.45, 7) is 6.95. The topological polar surface area (TPSA) is 29.3 Å². The molecule has 12 heavy (non-hydrogen) atoms. The number of rotatable bonds is 2. The lowest BCUT2D eigenvalue weighted by atomic mass is 9.81. The first-order valence-electron chi connectivity index (χ1n) is 5.23. The van der Waals surface area contributed by atoms with Crippen molar-refractivity contribution in [3.05, 3.63) is 0 Å². The van der Waals surface area contributed by atoms with Crippen LogP contribution in [0.4, 0.5) is 0 Å². The second kappa shape index (κ2) is 3.00. The van der Waals surface area contributed by atoms with E-state index in [1.165, 1.54) is 38.9 Å². The van der Waals surface area contributed by atoms with Gasteiger partial charge in [-0.25, -0.2) is 0 Å². The molecule has 0 aromatic rings. The van der Waals surface area contributed by atoms with Crippen LogP contribution >= 0.6 is 0 Å². The van der Waals surface area contributed by atoms with Crippen LogP contribution in [-0.4, -0.2) is 31.1 Å². The molecule has 0 radical (unpaired) electrons. The van der Waals surface area contributed by atoms with Crippen LogP contribution in [0.15, 0.2) is 0 Å². The molecule has 0 spiro atoms. The normalized spacial score (nSPS) is 42.0. The van der Waals surface area contributed by atoms with Gasteiger partial charge in [-0.05, 0) is 37.3 Å². The van der Waals surface area contributed by atoms with Crippen molar-refractivity contribution in [2.45, 2.75) is 26.2 Å². The first-order valence-corrected chi connectivity index (χ1v) is 5.23. The molecule has 0 aromatic carbocycles. The lowest BCUT2D eigenvalue weighted by molar-refractivity contribution is 0.254. The predicted molar refractivity (Wildman–Crippen MR) is 50.9 cm³/mol. The van der Waals surface area contributed by atoms with Crippen LogP contribution in [0.5, 0.6) is 0 Å². The smallest absolute Gasteiger partial charge is 0.00532 e. The van der Waals surface area contributed by atoms with Gasteiger partial charge in [-0.2, -0.15) is 0 Å². The highest BCUT2D eigenvalue weighted by molar-refractivity contribution is 5.00. The molecule has 2 rings (SSSR count). The van der Waals surface area contributed by atoms with Gasteiger partial charge in [0, 0.05) is 13.1 Å².